The zero-order chi connectivity index (χ0) is 11.4. The third-order valence-corrected chi connectivity index (χ3v) is 3.63. The molecule has 0 aliphatic heterocycles. The number of rotatable bonds is 4. The number of carboxylic acid groups (broad SMARTS) is 1. The summed E-state index contributed by atoms with van der Waals surface area (Å²) in [6, 6.07) is 0.467. The van der Waals surface area contributed by atoms with Gasteiger partial charge in [0.2, 0.25) is 0 Å². The lowest BCUT2D eigenvalue weighted by Gasteiger charge is -2.39. The standard InChI is InChI=1S/C12H23NO2/c1-4-13(8-12(14)15)11-7-9(2)5-6-10(11)3/h9-11H,4-8H2,1-3H3,(H,14,15). The minimum atomic E-state index is -0.706. The molecule has 1 fully saturated rings. The zero-order valence-electron chi connectivity index (χ0n) is 10.1. The van der Waals surface area contributed by atoms with E-state index in [-0.39, 0.29) is 6.54 Å². The van der Waals surface area contributed by atoms with E-state index in [1.54, 1.807) is 0 Å². The lowest BCUT2D eigenvalue weighted by Crippen LogP contribution is -2.45. The van der Waals surface area contributed by atoms with E-state index in [0.717, 1.165) is 18.9 Å². The molecule has 0 bridgehead atoms. The predicted molar refractivity (Wildman–Crippen MR) is 60.8 cm³/mol. The first-order valence-corrected chi connectivity index (χ1v) is 6.00. The monoisotopic (exact) mass is 213 g/mol. The van der Waals surface area contributed by atoms with Gasteiger partial charge in [-0.2, -0.15) is 0 Å². The van der Waals surface area contributed by atoms with Gasteiger partial charge < -0.3 is 5.11 Å². The van der Waals surface area contributed by atoms with Gasteiger partial charge in [0.15, 0.2) is 0 Å². The lowest BCUT2D eigenvalue weighted by atomic mass is 9.79. The normalized spacial score (nSPS) is 31.9. The fraction of sp³-hybridized carbons (Fsp3) is 0.917. The van der Waals surface area contributed by atoms with Crippen molar-refractivity contribution in [2.75, 3.05) is 13.1 Å². The lowest BCUT2D eigenvalue weighted by molar-refractivity contribution is -0.139. The number of carbonyl (C=O) groups is 1. The minimum Gasteiger partial charge on any atom is -0.480 e. The first-order chi connectivity index (χ1) is 7.04. The third-order valence-electron chi connectivity index (χ3n) is 3.63. The molecule has 0 saturated heterocycles. The van der Waals surface area contributed by atoms with E-state index in [4.69, 9.17) is 5.11 Å². The van der Waals surface area contributed by atoms with Gasteiger partial charge in [0.05, 0.1) is 6.54 Å². The van der Waals surface area contributed by atoms with Gasteiger partial charge >= 0.3 is 5.97 Å². The Morgan fingerprint density at radius 3 is 2.60 bits per heavy atom. The quantitative estimate of drug-likeness (QED) is 0.778. The van der Waals surface area contributed by atoms with Crippen LogP contribution in [0.25, 0.3) is 0 Å². The van der Waals surface area contributed by atoms with Crippen LogP contribution in [0.4, 0.5) is 0 Å². The third kappa shape index (κ3) is 3.49. The maximum Gasteiger partial charge on any atom is 0.317 e. The second kappa shape index (κ2) is 5.50. The molecule has 0 aromatic carbocycles. The van der Waals surface area contributed by atoms with Crippen molar-refractivity contribution in [2.24, 2.45) is 11.8 Å². The number of aliphatic carboxylic acids is 1. The summed E-state index contributed by atoms with van der Waals surface area (Å²) in [5.74, 6) is 0.678. The molecule has 15 heavy (non-hydrogen) atoms. The average molecular weight is 213 g/mol. The van der Waals surface area contributed by atoms with E-state index >= 15 is 0 Å². The van der Waals surface area contributed by atoms with Crippen LogP contribution >= 0.6 is 0 Å². The second-order valence-electron chi connectivity index (χ2n) is 4.92. The van der Waals surface area contributed by atoms with E-state index < -0.39 is 5.97 Å². The molecular weight excluding hydrogens is 190 g/mol. The van der Waals surface area contributed by atoms with Crippen LogP contribution in [0.5, 0.6) is 0 Å². The smallest absolute Gasteiger partial charge is 0.317 e. The molecule has 0 aromatic rings. The number of nitrogens with zero attached hydrogens (tertiary/aromatic N) is 1. The number of carboxylic acids is 1. The average Bonchev–Trinajstić information content (AvgIpc) is 2.18. The Morgan fingerprint density at radius 1 is 1.40 bits per heavy atom. The molecule has 0 amide bonds. The van der Waals surface area contributed by atoms with E-state index in [1.165, 1.54) is 12.8 Å². The van der Waals surface area contributed by atoms with Crippen molar-refractivity contribution in [3.8, 4) is 0 Å². The second-order valence-corrected chi connectivity index (χ2v) is 4.92. The van der Waals surface area contributed by atoms with Crippen molar-refractivity contribution < 1.29 is 9.90 Å². The van der Waals surface area contributed by atoms with E-state index in [1.807, 2.05) is 0 Å². The maximum absolute atomic E-state index is 10.8. The fourth-order valence-electron chi connectivity index (χ4n) is 2.65. The van der Waals surface area contributed by atoms with Gasteiger partial charge in [-0.3, -0.25) is 9.69 Å². The summed E-state index contributed by atoms with van der Waals surface area (Å²) < 4.78 is 0. The summed E-state index contributed by atoms with van der Waals surface area (Å²) >= 11 is 0. The number of hydrogen-bond donors (Lipinski definition) is 1. The predicted octanol–water partition coefficient (Wildman–Crippen LogP) is 2.22. The van der Waals surface area contributed by atoms with Crippen LogP contribution in [0, 0.1) is 11.8 Å². The minimum absolute atomic E-state index is 0.193. The topological polar surface area (TPSA) is 40.5 Å². The van der Waals surface area contributed by atoms with Crippen LogP contribution in [-0.2, 0) is 4.79 Å². The highest BCUT2D eigenvalue weighted by molar-refractivity contribution is 5.69. The molecule has 88 valence electrons. The Hall–Kier alpha value is -0.570. The van der Waals surface area contributed by atoms with Gasteiger partial charge in [-0.25, -0.2) is 0 Å². The zero-order valence-corrected chi connectivity index (χ0v) is 10.1. The molecule has 0 heterocycles. The number of hydrogen-bond acceptors (Lipinski definition) is 2. The van der Waals surface area contributed by atoms with Gasteiger partial charge in [-0.1, -0.05) is 27.2 Å². The van der Waals surface area contributed by atoms with E-state index in [0.29, 0.717) is 12.0 Å². The summed E-state index contributed by atoms with van der Waals surface area (Å²) in [4.78, 5) is 12.9. The highest BCUT2D eigenvalue weighted by Crippen LogP contribution is 2.31. The highest BCUT2D eigenvalue weighted by Gasteiger charge is 2.30. The van der Waals surface area contributed by atoms with Crippen LogP contribution in [0.15, 0.2) is 0 Å². The van der Waals surface area contributed by atoms with Crippen molar-refractivity contribution in [3.63, 3.8) is 0 Å². The van der Waals surface area contributed by atoms with Gasteiger partial charge in [0, 0.05) is 6.04 Å². The Bertz CT molecular complexity index is 218. The van der Waals surface area contributed by atoms with Crippen LogP contribution in [0.1, 0.15) is 40.0 Å². The molecule has 0 radical (unpaired) electrons. The van der Waals surface area contributed by atoms with Crippen molar-refractivity contribution >= 4 is 5.97 Å². The molecule has 3 unspecified atom stereocenters. The molecular formula is C12H23NO2. The van der Waals surface area contributed by atoms with Crippen LogP contribution in [0.3, 0.4) is 0 Å². The summed E-state index contributed by atoms with van der Waals surface area (Å²) in [5, 5.41) is 8.86. The van der Waals surface area contributed by atoms with Gasteiger partial charge in [-0.05, 0) is 31.2 Å². The van der Waals surface area contributed by atoms with Crippen LogP contribution < -0.4 is 0 Å². The van der Waals surface area contributed by atoms with Gasteiger partial charge in [0.25, 0.3) is 0 Å². The molecule has 3 atom stereocenters. The summed E-state index contributed by atoms with van der Waals surface area (Å²) in [5.41, 5.74) is 0. The Kier molecular flexibility index (Phi) is 4.58. The molecule has 3 nitrogen and oxygen atoms in total. The first kappa shape index (κ1) is 12.5. The highest BCUT2D eigenvalue weighted by atomic mass is 16.4. The Labute approximate surface area is 92.5 Å². The first-order valence-electron chi connectivity index (χ1n) is 6.00. The SMILES string of the molecule is CCN(CC(=O)O)C1CC(C)CCC1C. The molecule has 1 aliphatic rings. The Balaban J connectivity index is 2.59. The van der Waals surface area contributed by atoms with E-state index in [2.05, 4.69) is 25.7 Å². The van der Waals surface area contributed by atoms with E-state index in [9.17, 15) is 4.79 Å². The van der Waals surface area contributed by atoms with Crippen LogP contribution in [0.2, 0.25) is 0 Å². The van der Waals surface area contributed by atoms with Crippen LogP contribution in [-0.4, -0.2) is 35.1 Å². The van der Waals surface area contributed by atoms with Gasteiger partial charge in [-0.15, -0.1) is 0 Å². The summed E-state index contributed by atoms with van der Waals surface area (Å²) in [6.07, 6.45) is 3.69. The Morgan fingerprint density at radius 2 is 2.07 bits per heavy atom. The molecule has 3 heteroatoms. The summed E-state index contributed by atoms with van der Waals surface area (Å²) in [6.45, 7) is 7.61. The molecule has 1 aliphatic carbocycles. The molecule has 1 N–H and O–H groups in total. The maximum atomic E-state index is 10.8. The summed E-state index contributed by atoms with van der Waals surface area (Å²) in [7, 11) is 0. The molecule has 1 rings (SSSR count). The van der Waals surface area contributed by atoms with Gasteiger partial charge in [0.1, 0.15) is 0 Å². The molecule has 0 spiro atoms. The molecule has 1 saturated carbocycles. The van der Waals surface area contributed by atoms with Crippen molar-refractivity contribution in [1.29, 1.82) is 0 Å². The fourth-order valence-corrected chi connectivity index (χ4v) is 2.65. The van der Waals surface area contributed by atoms with Crippen molar-refractivity contribution in [1.82, 2.24) is 4.90 Å². The number of likely N-dealkylation sites (N-methyl/N-ethyl adjacent to an activating group) is 1. The largest absolute Gasteiger partial charge is 0.480 e. The van der Waals surface area contributed by atoms with Crippen molar-refractivity contribution in [2.45, 2.75) is 46.1 Å². The molecule has 0 aromatic heterocycles. The van der Waals surface area contributed by atoms with Crippen molar-refractivity contribution in [3.05, 3.63) is 0 Å².